The van der Waals surface area contributed by atoms with Crippen LogP contribution in [0.15, 0.2) is 0 Å². The maximum atomic E-state index is 9.54. The molecule has 4 atom stereocenters. The zero-order chi connectivity index (χ0) is 14.2. The van der Waals surface area contributed by atoms with Gasteiger partial charge in [0.15, 0.2) is 0 Å². The molecule has 0 spiro atoms. The lowest BCUT2D eigenvalue weighted by Gasteiger charge is -2.50. The molecule has 0 amide bonds. The number of aliphatic hydroxyl groups is 1. The number of nitrogens with two attached hydrogens (primary N) is 1. The second-order valence-electron chi connectivity index (χ2n) is 7.50. The van der Waals surface area contributed by atoms with Crippen molar-refractivity contribution in [2.24, 2.45) is 11.7 Å². The second-order valence-corrected chi connectivity index (χ2v) is 7.50. The number of likely N-dealkylation sites (tertiary alicyclic amines) is 2. The quantitative estimate of drug-likeness (QED) is 0.794. The van der Waals surface area contributed by atoms with Gasteiger partial charge in [0, 0.05) is 24.2 Å². The predicted molar refractivity (Wildman–Crippen MR) is 81.6 cm³/mol. The lowest BCUT2D eigenvalue weighted by molar-refractivity contribution is -0.000514. The first-order valence-corrected chi connectivity index (χ1v) is 8.45. The van der Waals surface area contributed by atoms with E-state index < -0.39 is 0 Å². The molecule has 3 aliphatic rings. The zero-order valence-electron chi connectivity index (χ0n) is 12.9. The largest absolute Gasteiger partial charge is 0.394 e. The van der Waals surface area contributed by atoms with E-state index in [0.717, 1.165) is 24.8 Å². The Balaban J connectivity index is 1.61. The third-order valence-electron chi connectivity index (χ3n) is 6.06. The second kappa shape index (κ2) is 5.91. The number of hydrogen-bond acceptors (Lipinski definition) is 4. The van der Waals surface area contributed by atoms with Crippen molar-refractivity contribution < 1.29 is 5.11 Å². The lowest BCUT2D eigenvalue weighted by atomic mass is 9.77. The van der Waals surface area contributed by atoms with Crippen LogP contribution < -0.4 is 5.73 Å². The first-order chi connectivity index (χ1) is 9.61. The molecule has 1 aliphatic carbocycles. The van der Waals surface area contributed by atoms with Crippen molar-refractivity contribution in [2.75, 3.05) is 33.3 Å². The summed E-state index contributed by atoms with van der Waals surface area (Å²) in [5.41, 5.74) is 6.01. The van der Waals surface area contributed by atoms with Crippen LogP contribution >= 0.6 is 0 Å². The van der Waals surface area contributed by atoms with Crippen molar-refractivity contribution in [3.63, 3.8) is 0 Å². The Morgan fingerprint density at radius 2 is 2.05 bits per heavy atom. The highest BCUT2D eigenvalue weighted by atomic mass is 16.3. The molecule has 116 valence electrons. The van der Waals surface area contributed by atoms with E-state index >= 15 is 0 Å². The van der Waals surface area contributed by atoms with Crippen LogP contribution in [0.2, 0.25) is 0 Å². The van der Waals surface area contributed by atoms with Crippen LogP contribution in [0.3, 0.4) is 0 Å². The number of rotatable bonds is 2. The van der Waals surface area contributed by atoms with E-state index in [4.69, 9.17) is 5.73 Å². The Hall–Kier alpha value is -0.160. The molecule has 3 fully saturated rings. The topological polar surface area (TPSA) is 52.7 Å². The van der Waals surface area contributed by atoms with E-state index in [0.29, 0.717) is 6.04 Å². The number of piperidine rings is 2. The van der Waals surface area contributed by atoms with Gasteiger partial charge in [0.2, 0.25) is 0 Å². The smallest absolute Gasteiger partial charge is 0.0611 e. The molecule has 1 saturated carbocycles. The Morgan fingerprint density at radius 1 is 1.20 bits per heavy atom. The highest BCUT2D eigenvalue weighted by Crippen LogP contribution is 2.35. The summed E-state index contributed by atoms with van der Waals surface area (Å²) in [5, 5.41) is 9.54. The van der Waals surface area contributed by atoms with Crippen LogP contribution in [0, 0.1) is 5.92 Å². The molecule has 4 heteroatoms. The molecule has 0 radical (unpaired) electrons. The molecule has 3 rings (SSSR count). The van der Waals surface area contributed by atoms with Gasteiger partial charge in [0.1, 0.15) is 0 Å². The van der Waals surface area contributed by atoms with Gasteiger partial charge in [-0.25, -0.2) is 0 Å². The molecule has 3 N–H and O–H groups in total. The highest BCUT2D eigenvalue weighted by Gasteiger charge is 2.40. The van der Waals surface area contributed by atoms with E-state index in [1.54, 1.807) is 0 Å². The summed E-state index contributed by atoms with van der Waals surface area (Å²) in [6, 6.07) is 1.41. The predicted octanol–water partition coefficient (Wildman–Crippen LogP) is 1.03. The zero-order valence-corrected chi connectivity index (χ0v) is 12.9. The maximum absolute atomic E-state index is 9.54. The molecule has 2 aliphatic heterocycles. The maximum Gasteiger partial charge on any atom is 0.0611 e. The van der Waals surface area contributed by atoms with Gasteiger partial charge in [-0.15, -0.1) is 0 Å². The van der Waals surface area contributed by atoms with Crippen molar-refractivity contribution in [3.8, 4) is 0 Å². The van der Waals surface area contributed by atoms with Crippen LogP contribution in [0.4, 0.5) is 0 Å². The molecule has 0 aromatic rings. The standard InChI is InChI=1S/C16H31N3O/c1-18-8-3-4-13-11-19(9-6-15(13)18)14-5-2-7-16(17,10-14)12-20/h13-15,20H,2-12,17H2,1H3. The van der Waals surface area contributed by atoms with E-state index in [1.165, 1.54) is 51.7 Å². The minimum Gasteiger partial charge on any atom is -0.394 e. The molecule has 0 aromatic carbocycles. The van der Waals surface area contributed by atoms with Crippen molar-refractivity contribution in [3.05, 3.63) is 0 Å². The van der Waals surface area contributed by atoms with Gasteiger partial charge in [0.25, 0.3) is 0 Å². The van der Waals surface area contributed by atoms with Gasteiger partial charge in [-0.3, -0.25) is 4.90 Å². The Morgan fingerprint density at radius 3 is 2.85 bits per heavy atom. The Kier molecular flexibility index (Phi) is 4.37. The number of fused-ring (bicyclic) bond motifs is 1. The van der Waals surface area contributed by atoms with Crippen molar-refractivity contribution in [1.29, 1.82) is 0 Å². The Bertz CT molecular complexity index is 338. The number of aliphatic hydroxyl groups excluding tert-OH is 1. The molecular weight excluding hydrogens is 250 g/mol. The first-order valence-electron chi connectivity index (χ1n) is 8.45. The van der Waals surface area contributed by atoms with Gasteiger partial charge < -0.3 is 15.7 Å². The molecule has 2 saturated heterocycles. The molecule has 4 unspecified atom stereocenters. The van der Waals surface area contributed by atoms with E-state index in [1.807, 2.05) is 0 Å². The number of hydrogen-bond donors (Lipinski definition) is 2. The van der Waals surface area contributed by atoms with E-state index in [-0.39, 0.29) is 12.1 Å². The highest BCUT2D eigenvalue weighted by molar-refractivity contribution is 4.97. The van der Waals surface area contributed by atoms with Gasteiger partial charge in [-0.2, -0.15) is 0 Å². The minimum absolute atomic E-state index is 0.145. The van der Waals surface area contributed by atoms with Crippen LogP contribution in [0.5, 0.6) is 0 Å². The van der Waals surface area contributed by atoms with Gasteiger partial charge in [0.05, 0.1) is 6.61 Å². The summed E-state index contributed by atoms with van der Waals surface area (Å²) < 4.78 is 0. The summed E-state index contributed by atoms with van der Waals surface area (Å²) >= 11 is 0. The molecule has 0 aromatic heterocycles. The van der Waals surface area contributed by atoms with Crippen LogP contribution in [0.1, 0.15) is 44.9 Å². The van der Waals surface area contributed by atoms with Crippen LogP contribution in [0.25, 0.3) is 0 Å². The van der Waals surface area contributed by atoms with Gasteiger partial charge in [-0.05, 0) is 71.0 Å². The minimum atomic E-state index is -0.316. The van der Waals surface area contributed by atoms with E-state index in [2.05, 4.69) is 16.8 Å². The summed E-state index contributed by atoms with van der Waals surface area (Å²) in [4.78, 5) is 5.27. The molecule has 4 nitrogen and oxygen atoms in total. The average Bonchev–Trinajstić information content (AvgIpc) is 2.47. The Labute approximate surface area is 123 Å². The molecule has 2 heterocycles. The van der Waals surface area contributed by atoms with E-state index in [9.17, 15) is 5.11 Å². The van der Waals surface area contributed by atoms with Gasteiger partial charge in [-0.1, -0.05) is 0 Å². The average molecular weight is 281 g/mol. The van der Waals surface area contributed by atoms with Crippen molar-refractivity contribution in [1.82, 2.24) is 9.80 Å². The molecule has 0 bridgehead atoms. The number of nitrogens with zero attached hydrogens (tertiary/aromatic N) is 2. The fourth-order valence-electron chi connectivity index (χ4n) is 4.83. The van der Waals surface area contributed by atoms with Crippen molar-refractivity contribution >= 4 is 0 Å². The fraction of sp³-hybridized carbons (Fsp3) is 1.00. The van der Waals surface area contributed by atoms with Gasteiger partial charge >= 0.3 is 0 Å². The summed E-state index contributed by atoms with van der Waals surface area (Å²) in [6.45, 7) is 3.89. The van der Waals surface area contributed by atoms with Crippen LogP contribution in [-0.4, -0.2) is 65.8 Å². The van der Waals surface area contributed by atoms with Crippen molar-refractivity contribution in [2.45, 2.75) is 62.6 Å². The SMILES string of the molecule is CN1CCCC2CN(C3CCCC(N)(CO)C3)CCC21. The third-order valence-corrected chi connectivity index (χ3v) is 6.06. The molecule has 20 heavy (non-hydrogen) atoms. The van der Waals surface area contributed by atoms with Crippen LogP contribution in [-0.2, 0) is 0 Å². The lowest BCUT2D eigenvalue weighted by Crippen LogP contribution is -2.58. The monoisotopic (exact) mass is 281 g/mol. The normalized spacial score (nSPS) is 44.2. The third kappa shape index (κ3) is 2.89. The fourth-order valence-corrected chi connectivity index (χ4v) is 4.83. The first kappa shape index (κ1) is 14.8. The summed E-state index contributed by atoms with van der Waals surface area (Å²) in [5.74, 6) is 0.853. The summed E-state index contributed by atoms with van der Waals surface area (Å²) in [6.07, 6.45) is 8.48. The molecular formula is C16H31N3O. The summed E-state index contributed by atoms with van der Waals surface area (Å²) in [7, 11) is 2.30.